The maximum atomic E-state index is 10.7. The van der Waals surface area contributed by atoms with Gasteiger partial charge in [0.15, 0.2) is 11.5 Å². The van der Waals surface area contributed by atoms with Crippen LogP contribution in [-0.2, 0) is 6.54 Å². The lowest BCUT2D eigenvalue weighted by Gasteiger charge is -2.34. The maximum absolute atomic E-state index is 10.7. The number of piperidine rings is 1. The average molecular weight is 253 g/mol. The fraction of sp³-hybridized carbons (Fsp3) is 0.667. The van der Waals surface area contributed by atoms with Gasteiger partial charge in [0.05, 0.1) is 6.54 Å². The molecule has 2 heterocycles. The molecule has 0 amide bonds. The Morgan fingerprint density at radius 2 is 2.28 bits per heavy atom. The van der Waals surface area contributed by atoms with Crippen molar-refractivity contribution in [1.29, 1.82) is 0 Å². The molecule has 1 aromatic rings. The third kappa shape index (κ3) is 3.08. The van der Waals surface area contributed by atoms with Gasteiger partial charge in [-0.05, 0) is 40.0 Å². The monoisotopic (exact) mass is 253 g/mol. The highest BCUT2D eigenvalue weighted by molar-refractivity contribution is 5.85. The predicted molar refractivity (Wildman–Crippen MR) is 65.4 cm³/mol. The highest BCUT2D eigenvalue weighted by Gasteiger charge is 2.22. The van der Waals surface area contributed by atoms with Crippen molar-refractivity contribution in [1.82, 2.24) is 15.0 Å². The molecule has 0 aliphatic carbocycles. The van der Waals surface area contributed by atoms with Crippen molar-refractivity contribution in [3.8, 4) is 0 Å². The highest BCUT2D eigenvalue weighted by Crippen LogP contribution is 2.16. The molecule has 100 valence electrons. The fourth-order valence-electron chi connectivity index (χ4n) is 2.30. The first-order valence-corrected chi connectivity index (χ1v) is 6.14. The largest absolute Gasteiger partial charge is 0.476 e. The molecular weight excluding hydrogens is 234 g/mol. The second kappa shape index (κ2) is 5.49. The summed E-state index contributed by atoms with van der Waals surface area (Å²) in [7, 11) is 4.17. The second-order valence-electron chi connectivity index (χ2n) is 4.93. The number of hydrogen-bond donors (Lipinski definition) is 1. The highest BCUT2D eigenvalue weighted by atomic mass is 16.5. The summed E-state index contributed by atoms with van der Waals surface area (Å²) >= 11 is 0. The first-order chi connectivity index (χ1) is 8.56. The molecule has 1 aromatic heterocycles. The molecule has 0 spiro atoms. The SMILES string of the molecule is CN1CCC(N(C)Cc2cc(C(=O)O)no2)CC1. The molecule has 1 N–H and O–H groups in total. The van der Waals surface area contributed by atoms with Crippen molar-refractivity contribution >= 4 is 5.97 Å². The van der Waals surface area contributed by atoms with E-state index in [0.717, 1.165) is 25.9 Å². The molecule has 1 fully saturated rings. The van der Waals surface area contributed by atoms with Crippen molar-refractivity contribution in [3.63, 3.8) is 0 Å². The van der Waals surface area contributed by atoms with Crippen LogP contribution in [0, 0.1) is 0 Å². The van der Waals surface area contributed by atoms with Gasteiger partial charge in [-0.25, -0.2) is 4.79 Å². The van der Waals surface area contributed by atoms with E-state index in [1.807, 2.05) is 7.05 Å². The van der Waals surface area contributed by atoms with Gasteiger partial charge in [0, 0.05) is 12.1 Å². The minimum atomic E-state index is -1.05. The van der Waals surface area contributed by atoms with Gasteiger partial charge in [-0.15, -0.1) is 0 Å². The van der Waals surface area contributed by atoms with E-state index < -0.39 is 5.97 Å². The molecule has 6 nitrogen and oxygen atoms in total. The molecule has 0 aromatic carbocycles. The first kappa shape index (κ1) is 13.0. The molecule has 1 aliphatic rings. The summed E-state index contributed by atoms with van der Waals surface area (Å²) in [6, 6.07) is 2.02. The molecule has 6 heteroatoms. The van der Waals surface area contributed by atoms with Gasteiger partial charge >= 0.3 is 5.97 Å². The van der Waals surface area contributed by atoms with E-state index >= 15 is 0 Å². The van der Waals surface area contributed by atoms with Crippen LogP contribution in [0.1, 0.15) is 29.1 Å². The van der Waals surface area contributed by atoms with Gasteiger partial charge in [0.2, 0.25) is 0 Å². The standard InChI is InChI=1S/C12H19N3O3/c1-14-5-3-9(4-6-14)15(2)8-10-7-11(12(16)17)13-18-10/h7,9H,3-6,8H2,1-2H3,(H,16,17). The molecule has 0 radical (unpaired) electrons. The van der Waals surface area contributed by atoms with E-state index in [-0.39, 0.29) is 5.69 Å². The van der Waals surface area contributed by atoms with Crippen molar-refractivity contribution in [2.45, 2.75) is 25.4 Å². The van der Waals surface area contributed by atoms with Gasteiger partial charge in [0.25, 0.3) is 0 Å². The van der Waals surface area contributed by atoms with Crippen molar-refractivity contribution in [2.24, 2.45) is 0 Å². The number of carbonyl (C=O) groups is 1. The number of aromatic nitrogens is 1. The smallest absolute Gasteiger partial charge is 0.358 e. The summed E-state index contributed by atoms with van der Waals surface area (Å²) in [5.41, 5.74) is -0.0261. The molecular formula is C12H19N3O3. The fourth-order valence-corrected chi connectivity index (χ4v) is 2.30. The molecule has 0 unspecified atom stereocenters. The molecule has 0 saturated carbocycles. The van der Waals surface area contributed by atoms with Crippen LogP contribution in [0.2, 0.25) is 0 Å². The Labute approximate surface area is 106 Å². The third-order valence-electron chi connectivity index (χ3n) is 3.49. The molecule has 2 rings (SSSR count). The second-order valence-corrected chi connectivity index (χ2v) is 4.93. The van der Waals surface area contributed by atoms with Crippen LogP contribution in [0.25, 0.3) is 0 Å². The normalized spacial score (nSPS) is 18.4. The Balaban J connectivity index is 1.90. The Kier molecular flexibility index (Phi) is 3.98. The summed E-state index contributed by atoms with van der Waals surface area (Å²) in [6.07, 6.45) is 2.26. The number of likely N-dealkylation sites (tertiary alicyclic amines) is 1. The predicted octanol–water partition coefficient (Wildman–Crippen LogP) is 0.899. The topological polar surface area (TPSA) is 69.8 Å². The minimum absolute atomic E-state index is 0.0261. The number of aromatic carboxylic acids is 1. The van der Waals surface area contributed by atoms with E-state index in [2.05, 4.69) is 22.0 Å². The van der Waals surface area contributed by atoms with Gasteiger partial charge in [0.1, 0.15) is 0 Å². The molecule has 1 saturated heterocycles. The number of rotatable bonds is 4. The van der Waals surface area contributed by atoms with Crippen LogP contribution in [-0.4, -0.2) is 59.3 Å². The Hall–Kier alpha value is -1.40. The average Bonchev–Trinajstić information content (AvgIpc) is 2.78. The Bertz CT molecular complexity index is 410. The zero-order valence-corrected chi connectivity index (χ0v) is 10.8. The zero-order valence-electron chi connectivity index (χ0n) is 10.8. The van der Waals surface area contributed by atoms with Crippen LogP contribution in [0.5, 0.6) is 0 Å². The van der Waals surface area contributed by atoms with Crippen LogP contribution in [0.15, 0.2) is 10.6 Å². The van der Waals surface area contributed by atoms with Gasteiger partial charge < -0.3 is 14.5 Å². The van der Waals surface area contributed by atoms with Gasteiger partial charge in [-0.1, -0.05) is 5.16 Å². The zero-order chi connectivity index (χ0) is 13.1. The van der Waals surface area contributed by atoms with Gasteiger partial charge in [-0.2, -0.15) is 0 Å². The van der Waals surface area contributed by atoms with Crippen LogP contribution < -0.4 is 0 Å². The van der Waals surface area contributed by atoms with Crippen LogP contribution in [0.4, 0.5) is 0 Å². The summed E-state index contributed by atoms with van der Waals surface area (Å²) in [5, 5.41) is 12.3. The minimum Gasteiger partial charge on any atom is -0.476 e. The van der Waals surface area contributed by atoms with Crippen molar-refractivity contribution in [3.05, 3.63) is 17.5 Å². The first-order valence-electron chi connectivity index (χ1n) is 6.14. The third-order valence-corrected chi connectivity index (χ3v) is 3.49. The van der Waals surface area contributed by atoms with Crippen molar-refractivity contribution in [2.75, 3.05) is 27.2 Å². The summed E-state index contributed by atoms with van der Waals surface area (Å²) < 4.78 is 5.03. The van der Waals surface area contributed by atoms with E-state index in [0.29, 0.717) is 18.3 Å². The van der Waals surface area contributed by atoms with Crippen LogP contribution in [0.3, 0.4) is 0 Å². The molecule has 0 bridgehead atoms. The summed E-state index contributed by atoms with van der Waals surface area (Å²) in [6.45, 7) is 2.81. The van der Waals surface area contributed by atoms with Gasteiger partial charge in [-0.3, -0.25) is 4.90 Å². The van der Waals surface area contributed by atoms with Crippen molar-refractivity contribution < 1.29 is 14.4 Å². The number of carboxylic acids is 1. The quantitative estimate of drug-likeness (QED) is 0.859. The van der Waals surface area contributed by atoms with Crippen LogP contribution >= 0.6 is 0 Å². The van der Waals surface area contributed by atoms with E-state index in [9.17, 15) is 4.79 Å². The lowest BCUT2D eigenvalue weighted by atomic mass is 10.0. The number of hydrogen-bond acceptors (Lipinski definition) is 5. The lowest BCUT2D eigenvalue weighted by Crippen LogP contribution is -2.41. The maximum Gasteiger partial charge on any atom is 0.358 e. The van der Waals surface area contributed by atoms with E-state index in [1.54, 1.807) is 0 Å². The summed E-state index contributed by atoms with van der Waals surface area (Å²) in [5.74, 6) is -0.444. The molecule has 1 aliphatic heterocycles. The Morgan fingerprint density at radius 3 is 2.83 bits per heavy atom. The number of carboxylic acid groups (broad SMARTS) is 1. The molecule has 0 atom stereocenters. The lowest BCUT2D eigenvalue weighted by molar-refractivity contribution is 0.0685. The van der Waals surface area contributed by atoms with E-state index in [4.69, 9.17) is 9.63 Å². The summed E-state index contributed by atoms with van der Waals surface area (Å²) in [4.78, 5) is 15.2. The number of nitrogens with zero attached hydrogens (tertiary/aromatic N) is 3. The molecule has 18 heavy (non-hydrogen) atoms. The Morgan fingerprint density at radius 1 is 1.61 bits per heavy atom. The van der Waals surface area contributed by atoms with E-state index in [1.165, 1.54) is 6.07 Å².